The van der Waals surface area contributed by atoms with Crippen LogP contribution < -0.4 is 4.74 Å². The number of methoxy groups -OCH3 is 1. The number of rotatable bonds is 4. The maximum absolute atomic E-state index is 12.4. The number of nitro groups is 1. The number of benzene rings is 1. The lowest BCUT2D eigenvalue weighted by molar-refractivity contribution is -0.385. The molecule has 0 spiro atoms. The molecule has 0 aromatic heterocycles. The molecule has 0 amide bonds. The quantitative estimate of drug-likeness (QED) is 0.453. The Kier molecular flexibility index (Phi) is 5.01. The van der Waals surface area contributed by atoms with Crippen molar-refractivity contribution in [2.24, 2.45) is 5.92 Å². The monoisotopic (exact) mass is 376 g/mol. The van der Waals surface area contributed by atoms with Crippen molar-refractivity contribution in [2.45, 2.75) is 57.3 Å². The summed E-state index contributed by atoms with van der Waals surface area (Å²) in [6.07, 6.45) is 5.28. The SMILES string of the molecule is COC(=O)[C@@H]1C[C@H]2CCCC[C@H]2N1Cc1cc([N+](=O)[O-])cc2c1OCOC2. The van der Waals surface area contributed by atoms with Crippen molar-refractivity contribution in [1.29, 1.82) is 0 Å². The van der Waals surface area contributed by atoms with E-state index in [1.54, 1.807) is 6.07 Å². The Labute approximate surface area is 157 Å². The van der Waals surface area contributed by atoms with Gasteiger partial charge in [0.25, 0.3) is 5.69 Å². The predicted octanol–water partition coefficient (Wildman–Crippen LogP) is 2.77. The molecule has 0 N–H and O–H groups in total. The number of likely N-dealkylation sites (tertiary alicyclic amines) is 1. The maximum Gasteiger partial charge on any atom is 0.323 e. The number of esters is 1. The lowest BCUT2D eigenvalue weighted by atomic mass is 9.84. The summed E-state index contributed by atoms with van der Waals surface area (Å²) < 4.78 is 16.0. The molecule has 0 radical (unpaired) electrons. The molecular weight excluding hydrogens is 352 g/mol. The van der Waals surface area contributed by atoms with Gasteiger partial charge in [0.15, 0.2) is 6.79 Å². The Balaban J connectivity index is 1.69. The molecule has 3 atom stereocenters. The highest BCUT2D eigenvalue weighted by molar-refractivity contribution is 5.76. The van der Waals surface area contributed by atoms with E-state index in [0.717, 1.165) is 31.2 Å². The smallest absolute Gasteiger partial charge is 0.323 e. The summed E-state index contributed by atoms with van der Waals surface area (Å²) in [7, 11) is 1.41. The second kappa shape index (κ2) is 7.44. The molecule has 1 aromatic carbocycles. The van der Waals surface area contributed by atoms with Crippen molar-refractivity contribution in [1.82, 2.24) is 4.90 Å². The minimum atomic E-state index is -0.399. The molecule has 1 aromatic rings. The third kappa shape index (κ3) is 3.39. The third-order valence-electron chi connectivity index (χ3n) is 6.03. The van der Waals surface area contributed by atoms with Gasteiger partial charge in [0, 0.05) is 35.8 Å². The van der Waals surface area contributed by atoms with E-state index in [0.29, 0.717) is 29.8 Å². The topological polar surface area (TPSA) is 91.1 Å². The average molecular weight is 376 g/mol. The normalized spacial score (nSPS) is 27.4. The van der Waals surface area contributed by atoms with Crippen LogP contribution in [0.4, 0.5) is 5.69 Å². The highest BCUT2D eigenvalue weighted by Crippen LogP contribution is 2.42. The second-order valence-electron chi connectivity index (χ2n) is 7.52. The van der Waals surface area contributed by atoms with Crippen molar-refractivity contribution >= 4 is 11.7 Å². The Morgan fingerprint density at radius 2 is 2.19 bits per heavy atom. The van der Waals surface area contributed by atoms with Gasteiger partial charge in [-0.3, -0.25) is 19.8 Å². The van der Waals surface area contributed by atoms with E-state index in [4.69, 9.17) is 14.2 Å². The predicted molar refractivity (Wildman–Crippen MR) is 95.1 cm³/mol. The molecule has 2 aliphatic heterocycles. The number of nitrogens with zero attached hydrogens (tertiary/aromatic N) is 2. The molecule has 2 heterocycles. The van der Waals surface area contributed by atoms with E-state index < -0.39 is 4.92 Å². The molecule has 1 saturated heterocycles. The van der Waals surface area contributed by atoms with Gasteiger partial charge in [-0.2, -0.15) is 0 Å². The summed E-state index contributed by atoms with van der Waals surface area (Å²) in [6, 6.07) is 3.06. The molecule has 146 valence electrons. The molecule has 27 heavy (non-hydrogen) atoms. The number of carbonyl (C=O) groups is 1. The van der Waals surface area contributed by atoms with E-state index >= 15 is 0 Å². The average Bonchev–Trinajstić information content (AvgIpc) is 3.05. The lowest BCUT2D eigenvalue weighted by Gasteiger charge is -2.34. The molecule has 8 nitrogen and oxygen atoms in total. The highest BCUT2D eigenvalue weighted by Gasteiger charge is 2.46. The summed E-state index contributed by atoms with van der Waals surface area (Å²) in [5, 5.41) is 11.4. The van der Waals surface area contributed by atoms with Gasteiger partial charge < -0.3 is 14.2 Å². The Morgan fingerprint density at radius 3 is 2.96 bits per heavy atom. The molecule has 1 saturated carbocycles. The number of carbonyl (C=O) groups excluding carboxylic acids is 1. The standard InChI is InChI=1S/C19H24N2O6/c1-25-19(22)17-8-12-4-2-3-5-16(12)20(17)9-13-6-15(21(23)24)7-14-10-26-11-27-18(13)14/h6-7,12,16-17H,2-5,8-11H2,1H3/t12-,16-,17+/m1/s1. The van der Waals surface area contributed by atoms with Crippen LogP contribution in [0, 0.1) is 16.0 Å². The van der Waals surface area contributed by atoms with E-state index in [1.165, 1.54) is 19.6 Å². The Hall–Kier alpha value is -2.19. The zero-order valence-electron chi connectivity index (χ0n) is 15.4. The van der Waals surface area contributed by atoms with Crippen molar-refractivity contribution < 1.29 is 23.9 Å². The van der Waals surface area contributed by atoms with Crippen LogP contribution in [0.15, 0.2) is 12.1 Å². The van der Waals surface area contributed by atoms with E-state index in [-0.39, 0.29) is 31.1 Å². The molecule has 8 heteroatoms. The van der Waals surface area contributed by atoms with Gasteiger partial charge in [0.05, 0.1) is 18.6 Å². The van der Waals surface area contributed by atoms with Crippen LogP contribution in [0.3, 0.4) is 0 Å². The zero-order chi connectivity index (χ0) is 19.0. The van der Waals surface area contributed by atoms with Gasteiger partial charge >= 0.3 is 5.97 Å². The van der Waals surface area contributed by atoms with Crippen LogP contribution in [0.2, 0.25) is 0 Å². The number of ether oxygens (including phenoxy) is 3. The molecule has 1 aliphatic carbocycles. The molecular formula is C19H24N2O6. The van der Waals surface area contributed by atoms with Crippen molar-refractivity contribution in [3.05, 3.63) is 33.4 Å². The first-order valence-electron chi connectivity index (χ1n) is 9.42. The largest absolute Gasteiger partial charge is 0.468 e. The van der Waals surface area contributed by atoms with Crippen LogP contribution in [0.1, 0.15) is 43.2 Å². The summed E-state index contributed by atoms with van der Waals surface area (Å²) in [5.41, 5.74) is 1.44. The number of hydrogen-bond donors (Lipinski definition) is 0. The minimum Gasteiger partial charge on any atom is -0.468 e. The van der Waals surface area contributed by atoms with Gasteiger partial charge in [-0.05, 0) is 25.2 Å². The summed E-state index contributed by atoms with van der Waals surface area (Å²) in [6.45, 7) is 0.853. The first-order chi connectivity index (χ1) is 13.1. The van der Waals surface area contributed by atoms with Crippen molar-refractivity contribution in [3.8, 4) is 5.75 Å². The number of hydrogen-bond acceptors (Lipinski definition) is 7. The molecule has 4 rings (SSSR count). The molecule has 0 bridgehead atoms. The first-order valence-corrected chi connectivity index (χ1v) is 9.42. The summed E-state index contributed by atoms with van der Waals surface area (Å²) in [4.78, 5) is 25.5. The third-order valence-corrected chi connectivity index (χ3v) is 6.03. The second-order valence-corrected chi connectivity index (χ2v) is 7.52. The lowest BCUT2D eigenvalue weighted by Crippen LogP contribution is -2.42. The van der Waals surface area contributed by atoms with Crippen LogP contribution >= 0.6 is 0 Å². The fourth-order valence-electron chi connectivity index (χ4n) is 4.85. The van der Waals surface area contributed by atoms with Gasteiger partial charge in [0.1, 0.15) is 11.8 Å². The van der Waals surface area contributed by atoms with Gasteiger partial charge in [-0.25, -0.2) is 0 Å². The highest BCUT2D eigenvalue weighted by atomic mass is 16.7. The van der Waals surface area contributed by atoms with Crippen molar-refractivity contribution in [2.75, 3.05) is 13.9 Å². The fourth-order valence-corrected chi connectivity index (χ4v) is 4.85. The van der Waals surface area contributed by atoms with Gasteiger partial charge in [0.2, 0.25) is 0 Å². The van der Waals surface area contributed by atoms with Gasteiger partial charge in [-0.1, -0.05) is 12.8 Å². The maximum atomic E-state index is 12.4. The van der Waals surface area contributed by atoms with Crippen LogP contribution in [0.25, 0.3) is 0 Å². The molecule has 3 aliphatic rings. The zero-order valence-corrected chi connectivity index (χ0v) is 15.4. The van der Waals surface area contributed by atoms with E-state index in [9.17, 15) is 14.9 Å². The number of non-ortho nitro benzene ring substituents is 1. The van der Waals surface area contributed by atoms with Gasteiger partial charge in [-0.15, -0.1) is 0 Å². The molecule has 2 fully saturated rings. The van der Waals surface area contributed by atoms with Crippen LogP contribution in [0.5, 0.6) is 5.75 Å². The van der Waals surface area contributed by atoms with E-state index in [2.05, 4.69) is 4.90 Å². The summed E-state index contributed by atoms with van der Waals surface area (Å²) in [5.74, 6) is 0.893. The van der Waals surface area contributed by atoms with E-state index in [1.807, 2.05) is 0 Å². The number of fused-ring (bicyclic) bond motifs is 2. The summed E-state index contributed by atoms with van der Waals surface area (Å²) >= 11 is 0. The fraction of sp³-hybridized carbons (Fsp3) is 0.632. The molecule has 0 unspecified atom stereocenters. The van der Waals surface area contributed by atoms with Crippen LogP contribution in [-0.4, -0.2) is 41.8 Å². The van der Waals surface area contributed by atoms with Crippen molar-refractivity contribution in [3.63, 3.8) is 0 Å². The van der Waals surface area contributed by atoms with Crippen LogP contribution in [-0.2, 0) is 27.4 Å². The Bertz CT molecular complexity index is 752. The first kappa shape index (κ1) is 18.2. The Morgan fingerprint density at radius 1 is 1.37 bits per heavy atom. The number of nitro benzene ring substituents is 1. The minimum absolute atomic E-state index is 0.0202.